The summed E-state index contributed by atoms with van der Waals surface area (Å²) in [7, 11) is 0. The van der Waals surface area contributed by atoms with Gasteiger partial charge in [0.1, 0.15) is 5.69 Å². The van der Waals surface area contributed by atoms with Crippen LogP contribution in [0.3, 0.4) is 0 Å². The Labute approximate surface area is 171 Å². The number of halogens is 2. The Morgan fingerprint density at radius 3 is 2.57 bits per heavy atom. The molecule has 2 aromatic carbocycles. The Hall–Kier alpha value is -3.68. The molecule has 6 nitrogen and oxygen atoms in total. The number of aromatic nitrogens is 1. The number of carboxylic acid groups (broad SMARTS) is 1. The minimum atomic E-state index is -1.12. The summed E-state index contributed by atoms with van der Waals surface area (Å²) in [4.78, 5) is 23.4. The van der Waals surface area contributed by atoms with Gasteiger partial charge in [0.25, 0.3) is 5.91 Å². The summed E-state index contributed by atoms with van der Waals surface area (Å²) in [6.07, 6.45) is -0.668. The SMILES string of the molecule is O=C(O)NCCC1CNC(=O)c2cc(-c3ccc(F)c(F)c3)c(-c3ccccc3)n21. The molecule has 0 bridgehead atoms. The summed E-state index contributed by atoms with van der Waals surface area (Å²) in [5, 5.41) is 14.0. The molecular weight excluding hydrogens is 392 g/mol. The number of nitrogens with zero attached hydrogens (tertiary/aromatic N) is 1. The van der Waals surface area contributed by atoms with Gasteiger partial charge in [-0.3, -0.25) is 4.79 Å². The quantitative estimate of drug-likeness (QED) is 0.593. The topological polar surface area (TPSA) is 83.4 Å². The molecule has 0 aliphatic carbocycles. The fourth-order valence-corrected chi connectivity index (χ4v) is 3.82. The smallest absolute Gasteiger partial charge is 0.404 e. The lowest BCUT2D eigenvalue weighted by molar-refractivity contribution is 0.0913. The number of carbonyl (C=O) groups excluding carboxylic acids is 1. The number of benzene rings is 2. The third-order valence-corrected chi connectivity index (χ3v) is 5.16. The van der Waals surface area contributed by atoms with Crippen molar-refractivity contribution in [1.82, 2.24) is 15.2 Å². The Morgan fingerprint density at radius 2 is 1.87 bits per heavy atom. The van der Waals surface area contributed by atoms with Crippen LogP contribution in [0.4, 0.5) is 13.6 Å². The van der Waals surface area contributed by atoms with Gasteiger partial charge in [0.15, 0.2) is 11.6 Å². The predicted octanol–water partition coefficient (Wildman–Crippen LogP) is 4.04. The third-order valence-electron chi connectivity index (χ3n) is 5.16. The van der Waals surface area contributed by atoms with Gasteiger partial charge in [-0.05, 0) is 35.7 Å². The maximum atomic E-state index is 14.0. The molecule has 8 heteroatoms. The van der Waals surface area contributed by atoms with E-state index >= 15 is 0 Å². The zero-order valence-electron chi connectivity index (χ0n) is 15.9. The summed E-state index contributed by atoms with van der Waals surface area (Å²) < 4.78 is 29.3. The zero-order valence-corrected chi connectivity index (χ0v) is 15.9. The summed E-state index contributed by atoms with van der Waals surface area (Å²) in [6.45, 7) is 0.543. The van der Waals surface area contributed by atoms with Crippen molar-refractivity contribution in [1.29, 1.82) is 0 Å². The Balaban J connectivity index is 1.88. The van der Waals surface area contributed by atoms with E-state index in [9.17, 15) is 18.4 Å². The van der Waals surface area contributed by atoms with Gasteiger partial charge in [0, 0.05) is 18.7 Å². The highest BCUT2D eigenvalue weighted by Crippen LogP contribution is 2.39. The van der Waals surface area contributed by atoms with Gasteiger partial charge >= 0.3 is 6.09 Å². The first-order valence-corrected chi connectivity index (χ1v) is 9.46. The molecule has 3 N–H and O–H groups in total. The van der Waals surface area contributed by atoms with Crippen LogP contribution in [-0.4, -0.2) is 34.8 Å². The molecule has 3 aromatic rings. The molecule has 1 unspecified atom stereocenters. The average molecular weight is 411 g/mol. The monoisotopic (exact) mass is 411 g/mol. The van der Waals surface area contributed by atoms with E-state index in [1.54, 1.807) is 6.07 Å². The second kappa shape index (κ2) is 7.98. The first-order chi connectivity index (χ1) is 14.5. The Morgan fingerprint density at radius 1 is 1.10 bits per heavy atom. The number of hydrogen-bond acceptors (Lipinski definition) is 2. The van der Waals surface area contributed by atoms with Crippen LogP contribution in [0.25, 0.3) is 22.4 Å². The molecule has 1 aromatic heterocycles. The Bertz CT molecular complexity index is 1110. The van der Waals surface area contributed by atoms with E-state index < -0.39 is 17.7 Å². The largest absolute Gasteiger partial charge is 0.465 e. The van der Waals surface area contributed by atoms with Gasteiger partial charge in [-0.1, -0.05) is 36.4 Å². The standard InChI is InChI=1S/C22H19F2N3O3/c23-17-7-6-14(10-18(17)24)16-11-19-21(28)26-12-15(8-9-25-22(29)30)27(19)20(16)13-4-2-1-3-5-13/h1-7,10-11,15,25H,8-9,12H2,(H,26,28)(H,29,30). The van der Waals surface area contributed by atoms with Crippen molar-refractivity contribution in [3.63, 3.8) is 0 Å². The molecule has 30 heavy (non-hydrogen) atoms. The van der Waals surface area contributed by atoms with E-state index in [0.717, 1.165) is 17.7 Å². The number of fused-ring (bicyclic) bond motifs is 1. The first kappa shape index (κ1) is 19.6. The first-order valence-electron chi connectivity index (χ1n) is 9.46. The van der Waals surface area contributed by atoms with Crippen molar-refractivity contribution >= 4 is 12.0 Å². The minimum Gasteiger partial charge on any atom is -0.465 e. The molecule has 0 saturated heterocycles. The molecular formula is C22H19F2N3O3. The maximum Gasteiger partial charge on any atom is 0.404 e. The van der Waals surface area contributed by atoms with E-state index in [0.29, 0.717) is 35.5 Å². The van der Waals surface area contributed by atoms with Crippen LogP contribution in [0.1, 0.15) is 23.0 Å². The second-order valence-corrected chi connectivity index (χ2v) is 7.04. The summed E-state index contributed by atoms with van der Waals surface area (Å²) >= 11 is 0. The predicted molar refractivity (Wildman–Crippen MR) is 107 cm³/mol. The number of hydrogen-bond donors (Lipinski definition) is 3. The van der Waals surface area contributed by atoms with Gasteiger partial charge in [-0.25, -0.2) is 13.6 Å². The summed E-state index contributed by atoms with van der Waals surface area (Å²) in [6, 6.07) is 14.4. The van der Waals surface area contributed by atoms with E-state index in [4.69, 9.17) is 5.11 Å². The Kier molecular flexibility index (Phi) is 5.22. The number of amides is 2. The lowest BCUT2D eigenvalue weighted by Crippen LogP contribution is -2.40. The molecule has 1 atom stereocenters. The van der Waals surface area contributed by atoms with E-state index in [2.05, 4.69) is 10.6 Å². The van der Waals surface area contributed by atoms with Crippen LogP contribution in [-0.2, 0) is 0 Å². The summed E-state index contributed by atoms with van der Waals surface area (Å²) in [5.74, 6) is -2.19. The maximum absolute atomic E-state index is 14.0. The van der Waals surface area contributed by atoms with Crippen molar-refractivity contribution in [2.45, 2.75) is 12.5 Å². The third kappa shape index (κ3) is 3.63. The number of carbonyl (C=O) groups is 2. The van der Waals surface area contributed by atoms with Crippen LogP contribution in [0.15, 0.2) is 54.6 Å². The highest BCUT2D eigenvalue weighted by Gasteiger charge is 2.30. The fourth-order valence-electron chi connectivity index (χ4n) is 3.82. The molecule has 0 spiro atoms. The van der Waals surface area contributed by atoms with Gasteiger partial charge < -0.3 is 20.3 Å². The molecule has 4 rings (SSSR count). The van der Waals surface area contributed by atoms with Crippen molar-refractivity contribution in [3.8, 4) is 22.4 Å². The molecule has 0 fully saturated rings. The van der Waals surface area contributed by atoms with Crippen molar-refractivity contribution in [3.05, 3.63) is 71.9 Å². The van der Waals surface area contributed by atoms with Crippen LogP contribution in [0.5, 0.6) is 0 Å². The van der Waals surface area contributed by atoms with Gasteiger partial charge in [0.2, 0.25) is 0 Å². The highest BCUT2D eigenvalue weighted by molar-refractivity contribution is 5.98. The van der Waals surface area contributed by atoms with E-state index in [-0.39, 0.29) is 18.5 Å². The van der Waals surface area contributed by atoms with E-state index in [1.165, 1.54) is 6.07 Å². The van der Waals surface area contributed by atoms with Crippen molar-refractivity contribution in [2.24, 2.45) is 0 Å². The molecule has 154 valence electrons. The van der Waals surface area contributed by atoms with Gasteiger partial charge in [-0.2, -0.15) is 0 Å². The number of nitrogens with one attached hydrogen (secondary N) is 2. The fraction of sp³-hybridized carbons (Fsp3) is 0.182. The van der Waals surface area contributed by atoms with E-state index in [1.807, 2.05) is 34.9 Å². The minimum absolute atomic E-state index is 0.209. The second-order valence-electron chi connectivity index (χ2n) is 7.04. The number of rotatable bonds is 5. The van der Waals surface area contributed by atoms with Crippen molar-refractivity contribution < 1.29 is 23.5 Å². The van der Waals surface area contributed by atoms with Gasteiger partial charge in [-0.15, -0.1) is 0 Å². The molecule has 0 saturated carbocycles. The van der Waals surface area contributed by atoms with Gasteiger partial charge in [0.05, 0.1) is 11.7 Å². The molecule has 1 aliphatic heterocycles. The zero-order chi connectivity index (χ0) is 21.3. The van der Waals surface area contributed by atoms with Crippen LogP contribution in [0, 0.1) is 11.6 Å². The molecule has 2 amide bonds. The van der Waals surface area contributed by atoms with Crippen LogP contribution >= 0.6 is 0 Å². The highest BCUT2D eigenvalue weighted by atomic mass is 19.2. The molecule has 0 radical (unpaired) electrons. The lowest BCUT2D eigenvalue weighted by Gasteiger charge is -2.29. The average Bonchev–Trinajstić information content (AvgIpc) is 3.14. The molecule has 2 heterocycles. The van der Waals surface area contributed by atoms with Crippen molar-refractivity contribution in [2.75, 3.05) is 13.1 Å². The van der Waals surface area contributed by atoms with Crippen LogP contribution < -0.4 is 10.6 Å². The van der Waals surface area contributed by atoms with Crippen LogP contribution in [0.2, 0.25) is 0 Å². The summed E-state index contributed by atoms with van der Waals surface area (Å²) in [5.41, 5.74) is 2.95. The molecule has 1 aliphatic rings. The normalized spacial score (nSPS) is 15.4. The lowest BCUT2D eigenvalue weighted by atomic mass is 10.0.